The summed E-state index contributed by atoms with van der Waals surface area (Å²) < 4.78 is 5.03. The Bertz CT molecular complexity index is 336. The normalized spacial score (nSPS) is 10.2. The van der Waals surface area contributed by atoms with Gasteiger partial charge in [-0.25, -0.2) is 0 Å². The standard InChI is InChI=1S/C14H19O2/c1-4-7-16-14(15)6-5-13-9-11(2)8-12(3)10-13/h9-10H,4-7H2,1-3H3. The summed E-state index contributed by atoms with van der Waals surface area (Å²) in [7, 11) is 0. The van der Waals surface area contributed by atoms with Crippen LogP contribution in [0, 0.1) is 19.9 Å². The summed E-state index contributed by atoms with van der Waals surface area (Å²) in [6.07, 6.45) is 2.09. The van der Waals surface area contributed by atoms with Gasteiger partial charge >= 0.3 is 5.97 Å². The average molecular weight is 219 g/mol. The molecule has 0 saturated carbocycles. The van der Waals surface area contributed by atoms with Crippen LogP contribution in [0.25, 0.3) is 0 Å². The SMILES string of the molecule is CCCOC(=O)CCc1cc(C)[c]c(C)c1. The molecule has 2 heteroatoms. The number of rotatable bonds is 5. The highest BCUT2D eigenvalue weighted by molar-refractivity contribution is 5.69. The van der Waals surface area contributed by atoms with E-state index in [1.165, 1.54) is 5.56 Å². The molecule has 1 radical (unpaired) electrons. The van der Waals surface area contributed by atoms with Crippen LogP contribution >= 0.6 is 0 Å². The van der Waals surface area contributed by atoms with E-state index in [0.29, 0.717) is 13.0 Å². The van der Waals surface area contributed by atoms with Gasteiger partial charge < -0.3 is 4.74 Å². The molecule has 2 nitrogen and oxygen atoms in total. The predicted molar refractivity (Wildman–Crippen MR) is 64.3 cm³/mol. The lowest BCUT2D eigenvalue weighted by molar-refractivity contribution is -0.143. The second-order valence-corrected chi connectivity index (χ2v) is 4.08. The lowest BCUT2D eigenvalue weighted by Gasteiger charge is -2.05. The summed E-state index contributed by atoms with van der Waals surface area (Å²) in [6.45, 7) is 6.56. The Morgan fingerprint density at radius 3 is 2.50 bits per heavy atom. The molecule has 1 aromatic rings. The zero-order valence-corrected chi connectivity index (χ0v) is 10.3. The number of benzene rings is 1. The summed E-state index contributed by atoms with van der Waals surface area (Å²) in [5.41, 5.74) is 3.43. The van der Waals surface area contributed by atoms with Crippen molar-refractivity contribution in [3.8, 4) is 0 Å². The van der Waals surface area contributed by atoms with Crippen molar-refractivity contribution in [1.82, 2.24) is 0 Å². The summed E-state index contributed by atoms with van der Waals surface area (Å²) in [6, 6.07) is 7.36. The number of ether oxygens (including phenoxy) is 1. The van der Waals surface area contributed by atoms with E-state index in [1.54, 1.807) is 0 Å². The fourth-order valence-electron chi connectivity index (χ4n) is 1.66. The van der Waals surface area contributed by atoms with Crippen LogP contribution in [0.4, 0.5) is 0 Å². The Morgan fingerprint density at radius 1 is 1.31 bits per heavy atom. The molecule has 0 heterocycles. The monoisotopic (exact) mass is 219 g/mol. The van der Waals surface area contributed by atoms with E-state index in [-0.39, 0.29) is 5.97 Å². The van der Waals surface area contributed by atoms with Gasteiger partial charge in [0.2, 0.25) is 0 Å². The van der Waals surface area contributed by atoms with Gasteiger partial charge in [-0.1, -0.05) is 19.1 Å². The molecule has 0 saturated heterocycles. The van der Waals surface area contributed by atoms with Crippen molar-refractivity contribution in [2.45, 2.75) is 40.0 Å². The minimum atomic E-state index is -0.106. The zero-order chi connectivity index (χ0) is 12.0. The molecular weight excluding hydrogens is 200 g/mol. The number of aryl methyl sites for hydroxylation is 3. The zero-order valence-electron chi connectivity index (χ0n) is 10.3. The van der Waals surface area contributed by atoms with Gasteiger partial charge in [0, 0.05) is 6.42 Å². The highest BCUT2D eigenvalue weighted by atomic mass is 16.5. The van der Waals surface area contributed by atoms with Gasteiger partial charge in [0.1, 0.15) is 0 Å². The molecule has 0 amide bonds. The first kappa shape index (κ1) is 12.8. The molecular formula is C14H19O2. The maximum Gasteiger partial charge on any atom is 0.306 e. The molecule has 0 N–H and O–H groups in total. The fourth-order valence-corrected chi connectivity index (χ4v) is 1.66. The van der Waals surface area contributed by atoms with Crippen LogP contribution in [0.15, 0.2) is 12.1 Å². The molecule has 0 fully saturated rings. The van der Waals surface area contributed by atoms with Gasteiger partial charge in [-0.3, -0.25) is 4.79 Å². The molecule has 0 aromatic heterocycles. The minimum Gasteiger partial charge on any atom is -0.466 e. The van der Waals surface area contributed by atoms with Crippen molar-refractivity contribution in [2.24, 2.45) is 0 Å². The molecule has 1 rings (SSSR count). The van der Waals surface area contributed by atoms with Crippen molar-refractivity contribution in [3.05, 3.63) is 34.9 Å². The number of carbonyl (C=O) groups is 1. The van der Waals surface area contributed by atoms with E-state index in [2.05, 4.69) is 18.2 Å². The number of esters is 1. The molecule has 1 aromatic carbocycles. The van der Waals surface area contributed by atoms with Gasteiger partial charge in [0.15, 0.2) is 0 Å². The van der Waals surface area contributed by atoms with Crippen LogP contribution in [0.1, 0.15) is 36.5 Å². The van der Waals surface area contributed by atoms with Crippen LogP contribution in [-0.4, -0.2) is 12.6 Å². The molecule has 0 aliphatic carbocycles. The smallest absolute Gasteiger partial charge is 0.306 e. The Morgan fingerprint density at radius 2 is 1.94 bits per heavy atom. The molecule has 0 unspecified atom stereocenters. The second kappa shape index (κ2) is 6.31. The van der Waals surface area contributed by atoms with Crippen molar-refractivity contribution in [2.75, 3.05) is 6.61 Å². The average Bonchev–Trinajstić information content (AvgIpc) is 2.22. The molecule has 87 valence electrons. The third-order valence-electron chi connectivity index (χ3n) is 2.28. The molecule has 0 aliphatic rings. The number of hydrogen-bond acceptors (Lipinski definition) is 2. The van der Waals surface area contributed by atoms with Gasteiger partial charge in [-0.15, -0.1) is 0 Å². The first-order valence-corrected chi connectivity index (χ1v) is 5.77. The third kappa shape index (κ3) is 4.47. The summed E-state index contributed by atoms with van der Waals surface area (Å²) >= 11 is 0. The van der Waals surface area contributed by atoms with Crippen molar-refractivity contribution in [3.63, 3.8) is 0 Å². The van der Waals surface area contributed by atoms with Crippen molar-refractivity contribution >= 4 is 5.97 Å². The fraction of sp³-hybridized carbons (Fsp3) is 0.500. The Kier molecular flexibility index (Phi) is 5.03. The van der Waals surface area contributed by atoms with E-state index in [0.717, 1.165) is 24.0 Å². The molecule has 0 atom stereocenters. The highest BCUT2D eigenvalue weighted by Gasteiger charge is 2.03. The maximum atomic E-state index is 11.3. The van der Waals surface area contributed by atoms with E-state index in [9.17, 15) is 4.79 Å². The minimum absolute atomic E-state index is 0.106. The molecule has 0 aliphatic heterocycles. The Hall–Kier alpha value is -1.31. The number of carbonyl (C=O) groups excluding carboxylic acids is 1. The van der Waals surface area contributed by atoms with Crippen LogP contribution in [0.3, 0.4) is 0 Å². The van der Waals surface area contributed by atoms with Crippen molar-refractivity contribution in [1.29, 1.82) is 0 Å². The van der Waals surface area contributed by atoms with E-state index < -0.39 is 0 Å². The van der Waals surface area contributed by atoms with Crippen molar-refractivity contribution < 1.29 is 9.53 Å². The third-order valence-corrected chi connectivity index (χ3v) is 2.28. The first-order chi connectivity index (χ1) is 7.61. The van der Waals surface area contributed by atoms with E-state index in [4.69, 9.17) is 4.74 Å². The first-order valence-electron chi connectivity index (χ1n) is 5.77. The van der Waals surface area contributed by atoms with Crippen LogP contribution < -0.4 is 0 Å². The molecule has 0 spiro atoms. The topological polar surface area (TPSA) is 26.3 Å². The largest absolute Gasteiger partial charge is 0.466 e. The summed E-state index contributed by atoms with van der Waals surface area (Å²) in [4.78, 5) is 11.3. The molecule has 0 bridgehead atoms. The van der Waals surface area contributed by atoms with Gasteiger partial charge in [0.25, 0.3) is 0 Å². The van der Waals surface area contributed by atoms with E-state index in [1.807, 2.05) is 20.8 Å². The Balaban J connectivity index is 2.45. The highest BCUT2D eigenvalue weighted by Crippen LogP contribution is 2.10. The lowest BCUT2D eigenvalue weighted by atomic mass is 10.0. The molecule has 16 heavy (non-hydrogen) atoms. The predicted octanol–water partition coefficient (Wildman–Crippen LogP) is 2.99. The van der Waals surface area contributed by atoms with Crippen LogP contribution in [0.2, 0.25) is 0 Å². The van der Waals surface area contributed by atoms with Gasteiger partial charge in [-0.05, 0) is 49.4 Å². The summed E-state index contributed by atoms with van der Waals surface area (Å²) in [5, 5.41) is 0. The maximum absolute atomic E-state index is 11.3. The second-order valence-electron chi connectivity index (χ2n) is 4.08. The Labute approximate surface area is 97.6 Å². The van der Waals surface area contributed by atoms with Gasteiger partial charge in [0.05, 0.1) is 6.61 Å². The lowest BCUT2D eigenvalue weighted by Crippen LogP contribution is -2.06. The van der Waals surface area contributed by atoms with Crippen LogP contribution in [0.5, 0.6) is 0 Å². The van der Waals surface area contributed by atoms with Crippen LogP contribution in [-0.2, 0) is 16.0 Å². The van der Waals surface area contributed by atoms with E-state index >= 15 is 0 Å². The summed E-state index contributed by atoms with van der Waals surface area (Å²) in [5.74, 6) is -0.106. The number of hydrogen-bond donors (Lipinski definition) is 0. The quantitative estimate of drug-likeness (QED) is 0.712. The van der Waals surface area contributed by atoms with Gasteiger partial charge in [-0.2, -0.15) is 0 Å².